The lowest BCUT2D eigenvalue weighted by atomic mass is 9.90. The number of aromatic hydroxyl groups is 2. The van der Waals surface area contributed by atoms with Crippen molar-refractivity contribution in [3.8, 4) is 11.5 Å². The van der Waals surface area contributed by atoms with Crippen molar-refractivity contribution < 1.29 is 29.3 Å². The minimum Gasteiger partial charge on any atom is -0.508 e. The summed E-state index contributed by atoms with van der Waals surface area (Å²) in [7, 11) is 0. The van der Waals surface area contributed by atoms with Crippen molar-refractivity contribution >= 4 is 29.6 Å². The summed E-state index contributed by atoms with van der Waals surface area (Å²) in [5.74, 6) is 0.0307. The number of ether oxygens (including phenoxy) is 2. The first-order chi connectivity index (χ1) is 22.4. The van der Waals surface area contributed by atoms with Crippen LogP contribution in [0.4, 0.5) is 4.79 Å². The van der Waals surface area contributed by atoms with Crippen LogP contribution in [0.2, 0.25) is 0 Å². The first-order valence-electron chi connectivity index (χ1n) is 14.9. The third-order valence-corrected chi connectivity index (χ3v) is 7.63. The fraction of sp³-hybridized carbons (Fsp3) is 0.167. The highest BCUT2D eigenvalue weighted by atomic mass is 16.6. The molecule has 4 aromatic carbocycles. The van der Waals surface area contributed by atoms with Crippen LogP contribution in [0.15, 0.2) is 125 Å². The van der Waals surface area contributed by atoms with Crippen LogP contribution in [-0.2, 0) is 14.3 Å². The van der Waals surface area contributed by atoms with Gasteiger partial charge in [0, 0.05) is 11.1 Å². The molecular formula is C36H32N4O6. The highest BCUT2D eigenvalue weighted by molar-refractivity contribution is 6.15. The van der Waals surface area contributed by atoms with E-state index in [4.69, 9.17) is 19.5 Å². The summed E-state index contributed by atoms with van der Waals surface area (Å²) in [6.07, 6.45) is -1.62. The molecule has 0 saturated carbocycles. The minimum atomic E-state index is -0.952. The average molecular weight is 617 g/mol. The number of aliphatic imine (C=N–C) groups is 2. The molecule has 2 unspecified atom stereocenters. The highest BCUT2D eigenvalue weighted by Gasteiger charge is 2.49. The molecule has 0 radical (unpaired) electrons. The summed E-state index contributed by atoms with van der Waals surface area (Å²) >= 11 is 0. The number of carbonyl (C=O) groups is 2. The van der Waals surface area contributed by atoms with Crippen LogP contribution < -0.4 is 0 Å². The molecule has 2 aliphatic heterocycles. The van der Waals surface area contributed by atoms with Gasteiger partial charge in [-0.2, -0.15) is 4.99 Å². The van der Waals surface area contributed by atoms with Gasteiger partial charge in [0.25, 0.3) is 0 Å². The molecule has 0 aliphatic carbocycles. The second kappa shape index (κ2) is 13.0. The van der Waals surface area contributed by atoms with Crippen molar-refractivity contribution in [3.05, 3.63) is 137 Å². The second-order valence-corrected chi connectivity index (χ2v) is 10.5. The van der Waals surface area contributed by atoms with Gasteiger partial charge >= 0.3 is 12.1 Å². The molecule has 0 saturated heterocycles. The lowest BCUT2D eigenvalue weighted by Crippen LogP contribution is -2.56. The monoisotopic (exact) mass is 616 g/mol. The van der Waals surface area contributed by atoms with Crippen LogP contribution in [0.5, 0.6) is 11.5 Å². The smallest absolute Gasteiger partial charge is 0.417 e. The number of rotatable bonds is 7. The second-order valence-electron chi connectivity index (χ2n) is 10.5. The van der Waals surface area contributed by atoms with E-state index in [1.165, 1.54) is 29.2 Å². The van der Waals surface area contributed by atoms with Gasteiger partial charge in [0.2, 0.25) is 5.96 Å². The molecule has 0 fully saturated rings. The number of fused-ring (bicyclic) bond motifs is 1. The van der Waals surface area contributed by atoms with Gasteiger partial charge in [0.1, 0.15) is 17.7 Å². The van der Waals surface area contributed by atoms with Gasteiger partial charge in [-0.3, -0.25) is 0 Å². The Morgan fingerprint density at radius 1 is 0.696 bits per heavy atom. The fourth-order valence-corrected chi connectivity index (χ4v) is 5.67. The zero-order valence-corrected chi connectivity index (χ0v) is 25.3. The van der Waals surface area contributed by atoms with Crippen molar-refractivity contribution in [1.82, 2.24) is 9.80 Å². The Morgan fingerprint density at radius 3 is 1.80 bits per heavy atom. The van der Waals surface area contributed by atoms with Gasteiger partial charge in [-0.15, -0.1) is 0 Å². The van der Waals surface area contributed by atoms with Crippen LogP contribution in [0.25, 0.3) is 5.70 Å². The normalized spacial score (nSPS) is 17.5. The van der Waals surface area contributed by atoms with Crippen LogP contribution in [0.1, 0.15) is 48.3 Å². The number of phenolic OH excluding ortho intramolecular Hbond substituents is 2. The Morgan fingerprint density at radius 2 is 1.24 bits per heavy atom. The maximum absolute atomic E-state index is 14.0. The summed E-state index contributed by atoms with van der Waals surface area (Å²) in [4.78, 5) is 41.2. The molecule has 0 bridgehead atoms. The van der Waals surface area contributed by atoms with Gasteiger partial charge in [-0.05, 0) is 49.2 Å². The molecule has 232 valence electrons. The number of amidine groups is 1. The Kier molecular flexibility index (Phi) is 8.51. The summed E-state index contributed by atoms with van der Waals surface area (Å²) in [6, 6.07) is 30.6. The summed E-state index contributed by atoms with van der Waals surface area (Å²) in [5, 5.41) is 20.4. The summed E-state index contributed by atoms with van der Waals surface area (Å²) in [6.45, 7) is 3.67. The minimum absolute atomic E-state index is 0.0419. The van der Waals surface area contributed by atoms with E-state index < -0.39 is 24.3 Å². The predicted molar refractivity (Wildman–Crippen MR) is 173 cm³/mol. The molecule has 0 spiro atoms. The molecule has 2 N–H and O–H groups in total. The molecule has 0 aromatic heterocycles. The molecular weight excluding hydrogens is 584 g/mol. The van der Waals surface area contributed by atoms with E-state index in [-0.39, 0.29) is 36.2 Å². The predicted octanol–water partition coefficient (Wildman–Crippen LogP) is 6.40. The molecule has 6 rings (SSSR count). The number of carbonyl (C=O) groups excluding carboxylic acids is 2. The van der Waals surface area contributed by atoms with Crippen LogP contribution in [0.3, 0.4) is 0 Å². The number of amides is 1. The fourth-order valence-electron chi connectivity index (χ4n) is 5.67. The average Bonchev–Trinajstić information content (AvgIpc) is 3.08. The Hall–Kier alpha value is -5.90. The maximum atomic E-state index is 14.0. The number of nitrogens with zero attached hydrogens (tertiary/aromatic N) is 4. The van der Waals surface area contributed by atoms with E-state index in [0.717, 1.165) is 0 Å². The van der Waals surface area contributed by atoms with Crippen molar-refractivity contribution in [3.63, 3.8) is 0 Å². The van der Waals surface area contributed by atoms with E-state index in [1.54, 1.807) is 43.0 Å². The lowest BCUT2D eigenvalue weighted by molar-refractivity contribution is -0.139. The number of benzene rings is 4. The highest BCUT2D eigenvalue weighted by Crippen LogP contribution is 2.47. The zero-order valence-electron chi connectivity index (χ0n) is 25.3. The lowest BCUT2D eigenvalue weighted by Gasteiger charge is -2.48. The molecule has 2 heterocycles. The Bertz CT molecular complexity index is 1820. The van der Waals surface area contributed by atoms with E-state index in [2.05, 4.69) is 0 Å². The van der Waals surface area contributed by atoms with Gasteiger partial charge in [0.05, 0.1) is 30.5 Å². The quantitative estimate of drug-likeness (QED) is 0.230. The van der Waals surface area contributed by atoms with E-state index in [9.17, 15) is 19.8 Å². The van der Waals surface area contributed by atoms with Crippen molar-refractivity contribution in [2.24, 2.45) is 9.98 Å². The van der Waals surface area contributed by atoms with Crippen LogP contribution in [-0.4, -0.2) is 57.1 Å². The third-order valence-electron chi connectivity index (χ3n) is 7.63. The van der Waals surface area contributed by atoms with Crippen LogP contribution >= 0.6 is 0 Å². The molecule has 46 heavy (non-hydrogen) atoms. The molecule has 1 amide bonds. The number of guanidine groups is 1. The summed E-state index contributed by atoms with van der Waals surface area (Å²) in [5.41, 5.74) is 3.13. The van der Waals surface area contributed by atoms with E-state index in [0.29, 0.717) is 33.8 Å². The third kappa shape index (κ3) is 5.68. The molecule has 10 nitrogen and oxygen atoms in total. The number of hydrogen-bond donors (Lipinski definition) is 2. The van der Waals surface area contributed by atoms with Gasteiger partial charge < -0.3 is 24.6 Å². The number of hydrogen-bond acceptors (Lipinski definition) is 9. The van der Waals surface area contributed by atoms with Crippen molar-refractivity contribution in [2.45, 2.75) is 26.1 Å². The Balaban J connectivity index is 1.72. The molecule has 2 aliphatic rings. The van der Waals surface area contributed by atoms with E-state index in [1.807, 2.05) is 60.7 Å². The first kappa shape index (κ1) is 30.1. The Labute approximate surface area is 266 Å². The number of esters is 1. The summed E-state index contributed by atoms with van der Waals surface area (Å²) < 4.78 is 11.2. The largest absolute Gasteiger partial charge is 0.508 e. The van der Waals surface area contributed by atoms with E-state index >= 15 is 0 Å². The topological polar surface area (TPSA) is 124 Å². The van der Waals surface area contributed by atoms with Crippen molar-refractivity contribution in [1.29, 1.82) is 0 Å². The SMILES string of the molecule is CCOC(=O)C1=C(c2ccccc2)N=C2N=C(c3ccccc3)N(C(=O)OCC)C(c3ccc(O)cc3)N2C1c1ccc(O)cc1. The molecule has 2 atom stereocenters. The van der Waals surface area contributed by atoms with Gasteiger partial charge in [-0.1, -0.05) is 84.9 Å². The van der Waals surface area contributed by atoms with Crippen molar-refractivity contribution in [2.75, 3.05) is 13.2 Å². The van der Waals surface area contributed by atoms with Crippen LogP contribution in [0, 0.1) is 0 Å². The number of phenols is 2. The van der Waals surface area contributed by atoms with Gasteiger partial charge in [-0.25, -0.2) is 19.5 Å². The zero-order chi connectivity index (χ0) is 32.2. The maximum Gasteiger partial charge on any atom is 0.417 e. The first-order valence-corrected chi connectivity index (χ1v) is 14.9. The van der Waals surface area contributed by atoms with Gasteiger partial charge in [0.15, 0.2) is 5.84 Å². The molecule has 4 aromatic rings. The standard InChI is InChI=1S/C36H32N4O6/c1-3-45-34(43)29-30(23-11-7-5-8-12-23)37-35-38-32(25-13-9-6-10-14-25)40(36(44)46-4-2)33(26-17-21-28(42)22-18-26)39(35)31(29)24-15-19-27(41)20-16-24/h5-22,31,33,41-42H,3-4H2,1-2H3. The molecule has 10 heteroatoms.